The molecule has 1 heterocycles. The van der Waals surface area contributed by atoms with E-state index in [0.717, 1.165) is 18.4 Å². The van der Waals surface area contributed by atoms with Gasteiger partial charge in [0.05, 0.1) is 6.04 Å². The Morgan fingerprint density at radius 2 is 1.96 bits per heavy atom. The second-order valence-electron chi connectivity index (χ2n) is 6.77. The average molecular weight is 348 g/mol. The van der Waals surface area contributed by atoms with Crippen molar-refractivity contribution in [3.63, 3.8) is 0 Å². The molecule has 1 aliphatic carbocycles. The predicted octanol–water partition coefficient (Wildman–Crippen LogP) is 1.32. The standard InChI is InChI=1S/C18H25FN4O2/c1-13(17(24)21-16-5-6-16)22-7-9-23(10-8-22)18(25)20-12-14-3-2-4-15(19)11-14/h2-4,11,13,16H,5-10,12H2,1H3,(H,20,25)(H,21,24)/t13-/m0/s1. The van der Waals surface area contributed by atoms with Crippen LogP contribution < -0.4 is 10.6 Å². The lowest BCUT2D eigenvalue weighted by atomic mass is 10.2. The quantitative estimate of drug-likeness (QED) is 0.844. The van der Waals surface area contributed by atoms with Crippen molar-refractivity contribution in [3.05, 3.63) is 35.6 Å². The monoisotopic (exact) mass is 348 g/mol. The average Bonchev–Trinajstić information content (AvgIpc) is 3.43. The summed E-state index contributed by atoms with van der Waals surface area (Å²) in [5.41, 5.74) is 0.734. The van der Waals surface area contributed by atoms with Gasteiger partial charge in [-0.3, -0.25) is 9.69 Å². The van der Waals surface area contributed by atoms with Crippen molar-refractivity contribution in [2.24, 2.45) is 0 Å². The van der Waals surface area contributed by atoms with Gasteiger partial charge in [-0.15, -0.1) is 0 Å². The number of rotatable bonds is 5. The van der Waals surface area contributed by atoms with E-state index < -0.39 is 0 Å². The zero-order valence-electron chi connectivity index (χ0n) is 14.5. The molecule has 1 aliphatic heterocycles. The molecule has 3 rings (SSSR count). The third-order valence-electron chi connectivity index (χ3n) is 4.79. The Labute approximate surface area is 147 Å². The molecule has 0 radical (unpaired) electrons. The molecule has 1 saturated heterocycles. The number of amides is 3. The molecule has 0 aromatic heterocycles. The predicted molar refractivity (Wildman–Crippen MR) is 92.4 cm³/mol. The van der Waals surface area contributed by atoms with E-state index in [-0.39, 0.29) is 23.8 Å². The zero-order valence-corrected chi connectivity index (χ0v) is 14.5. The maximum absolute atomic E-state index is 13.2. The number of benzene rings is 1. The lowest BCUT2D eigenvalue weighted by molar-refractivity contribution is -0.126. The SMILES string of the molecule is C[C@@H](C(=O)NC1CC1)N1CCN(C(=O)NCc2cccc(F)c2)CC1. The molecule has 6 nitrogen and oxygen atoms in total. The largest absolute Gasteiger partial charge is 0.352 e. The van der Waals surface area contributed by atoms with Crippen molar-refractivity contribution >= 4 is 11.9 Å². The van der Waals surface area contributed by atoms with Crippen molar-refractivity contribution in [2.45, 2.75) is 38.4 Å². The van der Waals surface area contributed by atoms with Crippen molar-refractivity contribution in [3.8, 4) is 0 Å². The minimum Gasteiger partial charge on any atom is -0.352 e. The van der Waals surface area contributed by atoms with Crippen LogP contribution in [0.4, 0.5) is 9.18 Å². The van der Waals surface area contributed by atoms with Gasteiger partial charge in [0.25, 0.3) is 0 Å². The van der Waals surface area contributed by atoms with Gasteiger partial charge >= 0.3 is 6.03 Å². The lowest BCUT2D eigenvalue weighted by Crippen LogP contribution is -2.56. The van der Waals surface area contributed by atoms with Crippen LogP contribution in [0, 0.1) is 5.82 Å². The second-order valence-corrected chi connectivity index (χ2v) is 6.77. The third-order valence-corrected chi connectivity index (χ3v) is 4.79. The van der Waals surface area contributed by atoms with Crippen LogP contribution in [-0.4, -0.2) is 60.0 Å². The normalized spacial score (nSPS) is 19.4. The molecular formula is C18H25FN4O2. The number of carbonyl (C=O) groups is 2. The van der Waals surface area contributed by atoms with Gasteiger partial charge in [-0.2, -0.15) is 0 Å². The third kappa shape index (κ3) is 4.92. The molecule has 2 aliphatic rings. The van der Waals surface area contributed by atoms with Gasteiger partial charge in [0, 0.05) is 38.8 Å². The van der Waals surface area contributed by atoms with Crippen LogP contribution in [0.1, 0.15) is 25.3 Å². The first-order valence-corrected chi connectivity index (χ1v) is 8.84. The van der Waals surface area contributed by atoms with Crippen LogP contribution in [0.3, 0.4) is 0 Å². The number of carbonyl (C=O) groups excluding carboxylic acids is 2. The molecule has 2 N–H and O–H groups in total. The van der Waals surface area contributed by atoms with Crippen LogP contribution in [-0.2, 0) is 11.3 Å². The minimum absolute atomic E-state index is 0.0755. The van der Waals surface area contributed by atoms with E-state index in [1.54, 1.807) is 17.0 Å². The van der Waals surface area contributed by atoms with Crippen LogP contribution in [0.2, 0.25) is 0 Å². The van der Waals surface area contributed by atoms with E-state index >= 15 is 0 Å². The van der Waals surface area contributed by atoms with Gasteiger partial charge < -0.3 is 15.5 Å². The Balaban J connectivity index is 1.41. The lowest BCUT2D eigenvalue weighted by Gasteiger charge is -2.37. The van der Waals surface area contributed by atoms with E-state index in [0.29, 0.717) is 38.8 Å². The maximum Gasteiger partial charge on any atom is 0.317 e. The Morgan fingerprint density at radius 3 is 2.60 bits per heavy atom. The van der Waals surface area contributed by atoms with E-state index in [2.05, 4.69) is 15.5 Å². The molecule has 1 aromatic carbocycles. The van der Waals surface area contributed by atoms with Gasteiger partial charge in [-0.25, -0.2) is 9.18 Å². The summed E-state index contributed by atoms with van der Waals surface area (Å²) in [6.45, 7) is 4.72. The highest BCUT2D eigenvalue weighted by Crippen LogP contribution is 2.19. The highest BCUT2D eigenvalue weighted by molar-refractivity contribution is 5.82. The Morgan fingerprint density at radius 1 is 1.24 bits per heavy atom. The molecular weight excluding hydrogens is 323 g/mol. The highest BCUT2D eigenvalue weighted by Gasteiger charge is 2.30. The van der Waals surface area contributed by atoms with Gasteiger partial charge in [0.2, 0.25) is 5.91 Å². The molecule has 1 aromatic rings. The number of urea groups is 1. The number of hydrogen-bond donors (Lipinski definition) is 2. The smallest absolute Gasteiger partial charge is 0.317 e. The first-order valence-electron chi connectivity index (χ1n) is 8.84. The number of nitrogens with zero attached hydrogens (tertiary/aromatic N) is 2. The van der Waals surface area contributed by atoms with Crippen molar-refractivity contribution in [2.75, 3.05) is 26.2 Å². The second kappa shape index (κ2) is 7.82. The fraction of sp³-hybridized carbons (Fsp3) is 0.556. The first-order chi connectivity index (χ1) is 12.0. The van der Waals surface area contributed by atoms with Gasteiger partial charge in [-0.1, -0.05) is 12.1 Å². The summed E-state index contributed by atoms with van der Waals surface area (Å²) in [4.78, 5) is 28.2. The molecule has 1 atom stereocenters. The van der Waals surface area contributed by atoms with E-state index in [1.165, 1.54) is 12.1 Å². The molecule has 0 unspecified atom stereocenters. The van der Waals surface area contributed by atoms with Gasteiger partial charge in [0.15, 0.2) is 0 Å². The van der Waals surface area contributed by atoms with Gasteiger partial charge in [0.1, 0.15) is 5.82 Å². The summed E-state index contributed by atoms with van der Waals surface area (Å²) < 4.78 is 13.2. The molecule has 7 heteroatoms. The summed E-state index contributed by atoms with van der Waals surface area (Å²) in [7, 11) is 0. The molecule has 0 bridgehead atoms. The summed E-state index contributed by atoms with van der Waals surface area (Å²) in [6, 6.07) is 6.25. The molecule has 25 heavy (non-hydrogen) atoms. The number of nitrogens with one attached hydrogen (secondary N) is 2. The molecule has 1 saturated carbocycles. The van der Waals surface area contributed by atoms with Gasteiger partial charge in [-0.05, 0) is 37.5 Å². The Bertz CT molecular complexity index is 627. The van der Waals surface area contributed by atoms with Crippen LogP contribution in [0.15, 0.2) is 24.3 Å². The Kier molecular flexibility index (Phi) is 5.53. The first kappa shape index (κ1) is 17.7. The summed E-state index contributed by atoms with van der Waals surface area (Å²) in [5.74, 6) is -0.231. The van der Waals surface area contributed by atoms with E-state index in [4.69, 9.17) is 0 Å². The zero-order chi connectivity index (χ0) is 17.8. The highest BCUT2D eigenvalue weighted by atomic mass is 19.1. The summed E-state index contributed by atoms with van der Waals surface area (Å²) in [5, 5.41) is 5.84. The minimum atomic E-state index is -0.307. The molecule has 0 spiro atoms. The van der Waals surface area contributed by atoms with Crippen LogP contribution >= 0.6 is 0 Å². The molecule has 3 amide bonds. The van der Waals surface area contributed by atoms with Crippen LogP contribution in [0.5, 0.6) is 0 Å². The summed E-state index contributed by atoms with van der Waals surface area (Å²) in [6.07, 6.45) is 2.16. The summed E-state index contributed by atoms with van der Waals surface area (Å²) >= 11 is 0. The fourth-order valence-corrected chi connectivity index (χ4v) is 2.96. The van der Waals surface area contributed by atoms with Crippen molar-refractivity contribution in [1.82, 2.24) is 20.4 Å². The molecule has 136 valence electrons. The molecule has 2 fully saturated rings. The fourth-order valence-electron chi connectivity index (χ4n) is 2.96. The Hall–Kier alpha value is -2.15. The number of piperazine rings is 1. The number of halogens is 1. The topological polar surface area (TPSA) is 64.7 Å². The van der Waals surface area contributed by atoms with Crippen LogP contribution in [0.25, 0.3) is 0 Å². The maximum atomic E-state index is 13.2. The number of hydrogen-bond acceptors (Lipinski definition) is 3. The van der Waals surface area contributed by atoms with Crippen molar-refractivity contribution in [1.29, 1.82) is 0 Å². The van der Waals surface area contributed by atoms with E-state index in [1.807, 2.05) is 6.92 Å². The van der Waals surface area contributed by atoms with E-state index in [9.17, 15) is 14.0 Å². The van der Waals surface area contributed by atoms with Crippen molar-refractivity contribution < 1.29 is 14.0 Å².